The molecule has 1 amide bonds. The summed E-state index contributed by atoms with van der Waals surface area (Å²) in [6, 6.07) is 4.91. The number of para-hydroxylation sites is 1. The van der Waals surface area contributed by atoms with Crippen molar-refractivity contribution in [1.29, 1.82) is 0 Å². The second-order valence-electron chi connectivity index (χ2n) is 2.31. The number of hydrogen-bond acceptors (Lipinski definition) is 2. The van der Waals surface area contributed by atoms with Gasteiger partial charge in [0.25, 0.3) is 5.91 Å². The molecule has 13 heavy (non-hydrogen) atoms. The summed E-state index contributed by atoms with van der Waals surface area (Å²) in [4.78, 5) is 10.4. The van der Waals surface area contributed by atoms with Gasteiger partial charge in [0.15, 0.2) is 12.4 Å². The van der Waals surface area contributed by atoms with Crippen LogP contribution in [0.15, 0.2) is 18.2 Å². The van der Waals surface area contributed by atoms with Crippen molar-refractivity contribution in [3.8, 4) is 5.75 Å². The van der Waals surface area contributed by atoms with Crippen LogP contribution in [0, 0.1) is 0 Å². The van der Waals surface area contributed by atoms with Gasteiger partial charge in [-0.15, -0.1) is 0 Å². The van der Waals surface area contributed by atoms with Gasteiger partial charge in [-0.1, -0.05) is 29.3 Å². The maximum absolute atomic E-state index is 10.4. The zero-order valence-corrected chi connectivity index (χ0v) is 8.10. The van der Waals surface area contributed by atoms with Crippen LogP contribution in [-0.2, 0) is 4.79 Å². The lowest BCUT2D eigenvalue weighted by atomic mass is 10.3. The van der Waals surface area contributed by atoms with E-state index < -0.39 is 5.91 Å². The number of benzene rings is 1. The quantitative estimate of drug-likeness (QED) is 0.844. The molecule has 5 heteroatoms. The topological polar surface area (TPSA) is 52.3 Å². The number of carbonyl (C=O) groups excluding carboxylic acids is 1. The molecular weight excluding hydrogens is 213 g/mol. The molecule has 0 radical (unpaired) electrons. The minimum atomic E-state index is -0.573. The lowest BCUT2D eigenvalue weighted by Gasteiger charge is -2.06. The lowest BCUT2D eigenvalue weighted by molar-refractivity contribution is -0.119. The third-order valence-corrected chi connectivity index (χ3v) is 1.87. The number of rotatable bonds is 3. The zero-order valence-electron chi connectivity index (χ0n) is 6.59. The van der Waals surface area contributed by atoms with E-state index in [9.17, 15) is 4.79 Å². The van der Waals surface area contributed by atoms with Gasteiger partial charge in [-0.2, -0.15) is 0 Å². The average Bonchev–Trinajstić information content (AvgIpc) is 2.03. The number of primary amides is 1. The number of halogens is 2. The monoisotopic (exact) mass is 219 g/mol. The maximum Gasteiger partial charge on any atom is 0.255 e. The van der Waals surface area contributed by atoms with E-state index in [0.29, 0.717) is 10.0 Å². The predicted octanol–water partition coefficient (Wildman–Crippen LogP) is 1.86. The molecule has 0 spiro atoms. The summed E-state index contributed by atoms with van der Waals surface area (Å²) in [5.41, 5.74) is 4.89. The molecule has 0 heterocycles. The molecule has 0 aliphatic carbocycles. The fraction of sp³-hybridized carbons (Fsp3) is 0.125. The van der Waals surface area contributed by atoms with Crippen LogP contribution in [0.4, 0.5) is 0 Å². The first-order valence-electron chi connectivity index (χ1n) is 3.46. The Bertz CT molecular complexity index is 308. The van der Waals surface area contributed by atoms with E-state index in [1.54, 1.807) is 18.2 Å². The van der Waals surface area contributed by atoms with Crippen LogP contribution in [0.5, 0.6) is 5.75 Å². The van der Waals surface area contributed by atoms with Gasteiger partial charge in [-0.05, 0) is 12.1 Å². The van der Waals surface area contributed by atoms with Crippen molar-refractivity contribution in [3.05, 3.63) is 28.2 Å². The van der Waals surface area contributed by atoms with E-state index in [-0.39, 0.29) is 12.4 Å². The van der Waals surface area contributed by atoms with Crippen molar-refractivity contribution in [1.82, 2.24) is 0 Å². The van der Waals surface area contributed by atoms with E-state index in [2.05, 4.69) is 0 Å². The summed E-state index contributed by atoms with van der Waals surface area (Å²) >= 11 is 11.5. The van der Waals surface area contributed by atoms with Gasteiger partial charge in [0.1, 0.15) is 0 Å². The van der Waals surface area contributed by atoms with Gasteiger partial charge in [0.2, 0.25) is 0 Å². The fourth-order valence-electron chi connectivity index (χ4n) is 0.764. The average molecular weight is 220 g/mol. The van der Waals surface area contributed by atoms with Crippen molar-refractivity contribution in [2.45, 2.75) is 0 Å². The number of ether oxygens (including phenoxy) is 1. The van der Waals surface area contributed by atoms with Gasteiger partial charge in [-0.25, -0.2) is 0 Å². The van der Waals surface area contributed by atoms with Gasteiger partial charge in [0.05, 0.1) is 10.0 Å². The second kappa shape index (κ2) is 4.35. The van der Waals surface area contributed by atoms with Crippen LogP contribution < -0.4 is 10.5 Å². The molecule has 2 N–H and O–H groups in total. The summed E-state index contributed by atoms with van der Waals surface area (Å²) < 4.78 is 4.99. The standard InChI is InChI=1S/C8H7Cl2NO2/c9-5-2-1-3-6(10)8(5)13-4-7(11)12/h1-3H,4H2,(H2,11,12). The molecule has 1 aromatic carbocycles. The van der Waals surface area contributed by atoms with Gasteiger partial charge >= 0.3 is 0 Å². The van der Waals surface area contributed by atoms with Gasteiger partial charge in [-0.3, -0.25) is 4.79 Å². The van der Waals surface area contributed by atoms with Gasteiger partial charge in [0, 0.05) is 0 Å². The first-order chi connectivity index (χ1) is 6.11. The third kappa shape index (κ3) is 2.79. The molecule has 1 rings (SSSR count). The summed E-state index contributed by atoms with van der Waals surface area (Å²) in [7, 11) is 0. The van der Waals surface area contributed by atoms with Crippen LogP contribution in [0.25, 0.3) is 0 Å². The molecule has 3 nitrogen and oxygen atoms in total. The molecule has 0 aliphatic rings. The largest absolute Gasteiger partial charge is 0.481 e. The lowest BCUT2D eigenvalue weighted by Crippen LogP contribution is -2.20. The van der Waals surface area contributed by atoms with Crippen molar-refractivity contribution >= 4 is 29.1 Å². The summed E-state index contributed by atoms with van der Waals surface area (Å²) in [6.45, 7) is -0.233. The Labute approximate surface area is 85.4 Å². The normalized spacial score (nSPS) is 9.69. The minimum Gasteiger partial charge on any atom is -0.481 e. The zero-order chi connectivity index (χ0) is 9.84. The first-order valence-corrected chi connectivity index (χ1v) is 4.22. The van der Waals surface area contributed by atoms with Crippen molar-refractivity contribution in [2.24, 2.45) is 5.73 Å². The predicted molar refractivity (Wildman–Crippen MR) is 51.2 cm³/mol. The fourth-order valence-corrected chi connectivity index (χ4v) is 1.27. The van der Waals surface area contributed by atoms with E-state index >= 15 is 0 Å². The van der Waals surface area contributed by atoms with Crippen molar-refractivity contribution in [3.63, 3.8) is 0 Å². The van der Waals surface area contributed by atoms with E-state index in [1.807, 2.05) is 0 Å². The first kappa shape index (κ1) is 10.2. The number of amides is 1. The Morgan fingerprint density at radius 2 is 1.92 bits per heavy atom. The Morgan fingerprint density at radius 1 is 1.38 bits per heavy atom. The highest BCUT2D eigenvalue weighted by Crippen LogP contribution is 2.31. The van der Waals surface area contributed by atoms with Crippen LogP contribution in [0.1, 0.15) is 0 Å². The molecule has 0 fully saturated rings. The van der Waals surface area contributed by atoms with E-state index in [0.717, 1.165) is 0 Å². The molecule has 0 aliphatic heterocycles. The van der Waals surface area contributed by atoms with Crippen LogP contribution >= 0.6 is 23.2 Å². The Hall–Kier alpha value is -0.930. The Balaban J connectivity index is 2.81. The van der Waals surface area contributed by atoms with Gasteiger partial charge < -0.3 is 10.5 Å². The molecule has 0 atom stereocenters. The molecule has 0 saturated carbocycles. The minimum absolute atomic E-state index is 0.233. The highest BCUT2D eigenvalue weighted by molar-refractivity contribution is 6.37. The molecule has 0 bridgehead atoms. The van der Waals surface area contributed by atoms with Crippen molar-refractivity contribution in [2.75, 3.05) is 6.61 Å². The molecule has 0 saturated heterocycles. The van der Waals surface area contributed by atoms with Crippen LogP contribution in [-0.4, -0.2) is 12.5 Å². The highest BCUT2D eigenvalue weighted by Gasteiger charge is 2.07. The summed E-state index contributed by atoms with van der Waals surface area (Å²) in [5, 5.41) is 0.711. The molecular formula is C8H7Cl2NO2. The van der Waals surface area contributed by atoms with Crippen LogP contribution in [0.3, 0.4) is 0 Å². The Kier molecular flexibility index (Phi) is 3.39. The number of carbonyl (C=O) groups is 1. The molecule has 70 valence electrons. The molecule has 1 aromatic rings. The Morgan fingerprint density at radius 3 is 2.38 bits per heavy atom. The third-order valence-electron chi connectivity index (χ3n) is 1.28. The summed E-state index contributed by atoms with van der Waals surface area (Å²) in [5.74, 6) is -0.291. The van der Waals surface area contributed by atoms with E-state index in [4.69, 9.17) is 33.7 Å². The SMILES string of the molecule is NC(=O)COc1c(Cl)cccc1Cl. The highest BCUT2D eigenvalue weighted by atomic mass is 35.5. The van der Waals surface area contributed by atoms with E-state index in [1.165, 1.54) is 0 Å². The van der Waals surface area contributed by atoms with Crippen LogP contribution in [0.2, 0.25) is 10.0 Å². The number of nitrogens with two attached hydrogens (primary N) is 1. The maximum atomic E-state index is 10.4. The second-order valence-corrected chi connectivity index (χ2v) is 3.12. The molecule has 0 aromatic heterocycles. The smallest absolute Gasteiger partial charge is 0.255 e. The van der Waals surface area contributed by atoms with Crippen molar-refractivity contribution < 1.29 is 9.53 Å². The molecule has 0 unspecified atom stereocenters. The number of hydrogen-bond donors (Lipinski definition) is 1. The summed E-state index contributed by atoms with van der Waals surface area (Å²) in [6.07, 6.45) is 0.